The summed E-state index contributed by atoms with van der Waals surface area (Å²) < 4.78 is 13.1. The Kier molecular flexibility index (Phi) is 5.62. The second-order valence-electron chi connectivity index (χ2n) is 8.81. The Hall–Kier alpha value is -3.25. The fourth-order valence-corrected chi connectivity index (χ4v) is 4.79. The molecule has 0 bridgehead atoms. The first-order valence-electron chi connectivity index (χ1n) is 11.2. The van der Waals surface area contributed by atoms with E-state index < -0.39 is 0 Å². The third kappa shape index (κ3) is 4.10. The quantitative estimate of drug-likeness (QED) is 0.646. The predicted octanol–water partition coefficient (Wildman–Crippen LogP) is 3.61. The number of hydrogen-bond donors (Lipinski definition) is 1. The van der Waals surface area contributed by atoms with E-state index in [1.54, 1.807) is 17.9 Å². The minimum absolute atomic E-state index is 0.136. The van der Waals surface area contributed by atoms with Crippen LogP contribution < -0.4 is 25.2 Å². The van der Waals surface area contributed by atoms with Gasteiger partial charge in [0.05, 0.1) is 18.5 Å². The van der Waals surface area contributed by atoms with Crippen LogP contribution in [0.1, 0.15) is 18.4 Å². The molecule has 0 saturated carbocycles. The van der Waals surface area contributed by atoms with E-state index in [-0.39, 0.29) is 5.56 Å². The predicted molar refractivity (Wildman–Crippen MR) is 126 cm³/mol. The van der Waals surface area contributed by atoms with Crippen molar-refractivity contribution in [1.82, 2.24) is 9.88 Å². The van der Waals surface area contributed by atoms with Crippen molar-refractivity contribution < 1.29 is 9.47 Å². The fraction of sp³-hybridized carbons (Fsp3) is 0.346. The molecule has 0 amide bonds. The van der Waals surface area contributed by atoms with Crippen molar-refractivity contribution in [3.63, 3.8) is 0 Å². The van der Waals surface area contributed by atoms with Crippen LogP contribution in [0.25, 0.3) is 5.69 Å². The van der Waals surface area contributed by atoms with Gasteiger partial charge in [-0.05, 0) is 49.7 Å². The van der Waals surface area contributed by atoms with Crippen LogP contribution in [0.3, 0.4) is 0 Å². The summed E-state index contributed by atoms with van der Waals surface area (Å²) >= 11 is 0. The number of hydrogen-bond acceptors (Lipinski definition) is 5. The number of nitrogens with zero attached hydrogens (tertiary/aromatic N) is 2. The average Bonchev–Trinajstić information content (AvgIpc) is 2.82. The number of piperidine rings is 1. The number of rotatable bonds is 6. The van der Waals surface area contributed by atoms with Crippen LogP contribution in [0.15, 0.2) is 71.7 Å². The Bertz CT molecular complexity index is 1130. The minimum Gasteiger partial charge on any atom is -0.495 e. The Morgan fingerprint density at radius 3 is 2.50 bits per heavy atom. The van der Waals surface area contributed by atoms with Gasteiger partial charge in [-0.2, -0.15) is 0 Å². The highest BCUT2D eigenvalue weighted by molar-refractivity contribution is 5.64. The van der Waals surface area contributed by atoms with E-state index in [2.05, 4.69) is 16.3 Å². The maximum Gasteiger partial charge on any atom is 0.258 e. The third-order valence-electron chi connectivity index (χ3n) is 6.64. The molecule has 1 aromatic heterocycles. The average molecular weight is 432 g/mol. The SMILES string of the molecule is COc1cc(-n2ccc(OCc3ccccc3)cc2=O)ccc1N1CC2(CCNCC2)C1. The molecule has 3 aromatic rings. The van der Waals surface area contributed by atoms with E-state index in [4.69, 9.17) is 9.47 Å². The lowest BCUT2D eigenvalue weighted by molar-refractivity contribution is 0.149. The summed E-state index contributed by atoms with van der Waals surface area (Å²) in [6.07, 6.45) is 4.22. The first kappa shape index (κ1) is 20.6. The summed E-state index contributed by atoms with van der Waals surface area (Å²) in [5, 5.41) is 3.45. The molecule has 5 rings (SSSR count). The fourth-order valence-electron chi connectivity index (χ4n) is 4.79. The summed E-state index contributed by atoms with van der Waals surface area (Å²) in [7, 11) is 1.69. The van der Waals surface area contributed by atoms with Crippen molar-refractivity contribution in [2.75, 3.05) is 38.2 Å². The number of benzene rings is 2. The van der Waals surface area contributed by atoms with Crippen LogP contribution in [0, 0.1) is 5.41 Å². The Morgan fingerprint density at radius 1 is 1.00 bits per heavy atom. The van der Waals surface area contributed by atoms with E-state index >= 15 is 0 Å². The Labute approximate surface area is 188 Å². The van der Waals surface area contributed by atoms with Gasteiger partial charge in [-0.3, -0.25) is 9.36 Å². The lowest BCUT2D eigenvalue weighted by Crippen LogP contribution is -2.60. The molecule has 3 heterocycles. The number of anilines is 1. The summed E-state index contributed by atoms with van der Waals surface area (Å²) in [5.41, 5.74) is 3.25. The number of ether oxygens (including phenoxy) is 2. The molecule has 1 spiro atoms. The molecule has 166 valence electrons. The third-order valence-corrected chi connectivity index (χ3v) is 6.64. The zero-order valence-electron chi connectivity index (χ0n) is 18.4. The molecular weight excluding hydrogens is 402 g/mol. The van der Waals surface area contributed by atoms with Crippen molar-refractivity contribution in [3.05, 3.63) is 82.8 Å². The zero-order valence-corrected chi connectivity index (χ0v) is 18.4. The molecule has 0 aliphatic carbocycles. The first-order chi connectivity index (χ1) is 15.7. The van der Waals surface area contributed by atoms with Gasteiger partial charge in [0.2, 0.25) is 0 Å². The highest BCUT2D eigenvalue weighted by Crippen LogP contribution is 2.44. The van der Waals surface area contributed by atoms with Crippen molar-refractivity contribution in [1.29, 1.82) is 0 Å². The Morgan fingerprint density at radius 2 is 1.78 bits per heavy atom. The van der Waals surface area contributed by atoms with Gasteiger partial charge in [0.1, 0.15) is 18.1 Å². The summed E-state index contributed by atoms with van der Waals surface area (Å²) in [4.78, 5) is 15.2. The minimum atomic E-state index is -0.136. The summed E-state index contributed by atoms with van der Waals surface area (Å²) in [6.45, 7) is 4.78. The van der Waals surface area contributed by atoms with Crippen LogP contribution in [0.2, 0.25) is 0 Å². The van der Waals surface area contributed by atoms with E-state index in [9.17, 15) is 4.79 Å². The number of nitrogens with one attached hydrogen (secondary N) is 1. The van der Waals surface area contributed by atoms with Crippen LogP contribution in [0.4, 0.5) is 5.69 Å². The zero-order chi connectivity index (χ0) is 22.0. The van der Waals surface area contributed by atoms with Crippen molar-refractivity contribution in [2.45, 2.75) is 19.4 Å². The molecule has 32 heavy (non-hydrogen) atoms. The van der Waals surface area contributed by atoms with Gasteiger partial charge < -0.3 is 19.7 Å². The maximum atomic E-state index is 12.8. The molecule has 6 nitrogen and oxygen atoms in total. The molecule has 2 fully saturated rings. The highest BCUT2D eigenvalue weighted by Gasteiger charge is 2.44. The lowest BCUT2D eigenvalue weighted by atomic mass is 9.72. The summed E-state index contributed by atoms with van der Waals surface area (Å²) in [5.74, 6) is 1.36. The van der Waals surface area contributed by atoms with E-state index in [1.807, 2.05) is 48.5 Å². The maximum absolute atomic E-state index is 12.8. The number of methoxy groups -OCH3 is 1. The van der Waals surface area contributed by atoms with E-state index in [1.165, 1.54) is 18.9 Å². The van der Waals surface area contributed by atoms with Gasteiger partial charge in [-0.15, -0.1) is 0 Å². The van der Waals surface area contributed by atoms with Crippen LogP contribution in [-0.4, -0.2) is 37.9 Å². The standard InChI is InChI=1S/C26H29N3O3/c1-31-24-15-21(7-8-23(24)28-18-26(19-28)10-12-27-13-11-26)29-14-9-22(16-25(29)30)32-17-20-5-3-2-4-6-20/h2-9,14-16,27H,10-13,17-19H2,1H3. The van der Waals surface area contributed by atoms with Crippen LogP contribution in [-0.2, 0) is 6.61 Å². The monoisotopic (exact) mass is 431 g/mol. The smallest absolute Gasteiger partial charge is 0.258 e. The summed E-state index contributed by atoms with van der Waals surface area (Å²) in [6, 6.07) is 19.2. The van der Waals surface area contributed by atoms with Crippen LogP contribution in [0.5, 0.6) is 11.5 Å². The van der Waals surface area contributed by atoms with Gasteiger partial charge in [-0.25, -0.2) is 0 Å². The van der Waals surface area contributed by atoms with E-state index in [0.717, 1.165) is 48.9 Å². The molecule has 2 aliphatic rings. The van der Waals surface area contributed by atoms with Gasteiger partial charge in [0.15, 0.2) is 0 Å². The molecule has 2 saturated heterocycles. The first-order valence-corrected chi connectivity index (χ1v) is 11.2. The molecule has 2 aliphatic heterocycles. The second-order valence-corrected chi connectivity index (χ2v) is 8.81. The molecule has 0 radical (unpaired) electrons. The van der Waals surface area contributed by atoms with Crippen molar-refractivity contribution in [3.8, 4) is 17.2 Å². The van der Waals surface area contributed by atoms with Crippen molar-refractivity contribution in [2.24, 2.45) is 5.41 Å². The molecule has 1 N–H and O–H groups in total. The molecule has 0 unspecified atom stereocenters. The molecule has 2 aromatic carbocycles. The highest BCUT2D eigenvalue weighted by atomic mass is 16.5. The largest absolute Gasteiger partial charge is 0.495 e. The van der Waals surface area contributed by atoms with Crippen molar-refractivity contribution >= 4 is 5.69 Å². The normalized spacial score (nSPS) is 17.1. The van der Waals surface area contributed by atoms with Gasteiger partial charge in [-0.1, -0.05) is 30.3 Å². The number of pyridine rings is 1. The molecule has 0 atom stereocenters. The lowest BCUT2D eigenvalue weighted by Gasteiger charge is -2.53. The molecular formula is C26H29N3O3. The number of aromatic nitrogens is 1. The van der Waals surface area contributed by atoms with Gasteiger partial charge >= 0.3 is 0 Å². The van der Waals surface area contributed by atoms with Gasteiger partial charge in [0, 0.05) is 36.8 Å². The Balaban J connectivity index is 1.31. The van der Waals surface area contributed by atoms with E-state index in [0.29, 0.717) is 17.8 Å². The van der Waals surface area contributed by atoms with Crippen LogP contribution >= 0.6 is 0 Å². The second kappa shape index (κ2) is 8.71. The topological polar surface area (TPSA) is 55.7 Å². The van der Waals surface area contributed by atoms with Gasteiger partial charge in [0.25, 0.3) is 5.56 Å². The molecule has 6 heteroatoms.